The van der Waals surface area contributed by atoms with Gasteiger partial charge in [-0.25, -0.2) is 0 Å². The Morgan fingerprint density at radius 3 is 2.74 bits per heavy atom. The van der Waals surface area contributed by atoms with Crippen LogP contribution in [0, 0.1) is 0 Å². The first kappa shape index (κ1) is 15.0. The minimum Gasteiger partial charge on any atom is -0.313 e. The average Bonchev–Trinajstić information content (AvgIpc) is 2.64. The summed E-state index contributed by atoms with van der Waals surface area (Å²) < 4.78 is 12.8. The summed E-state index contributed by atoms with van der Waals surface area (Å²) in [7, 11) is -1.02. The second-order valence-electron chi connectivity index (χ2n) is 5.07. The Bertz CT molecular complexity index is 438. The fourth-order valence-corrected chi connectivity index (χ4v) is 4.87. The molecule has 3 unspecified atom stereocenters. The quantitative estimate of drug-likeness (QED) is 0.858. The minimum absolute atomic E-state index is 0.183. The molecule has 1 N–H and O–H groups in total. The summed E-state index contributed by atoms with van der Waals surface area (Å²) in [6.45, 7) is 3.04. The van der Waals surface area contributed by atoms with E-state index in [4.69, 9.17) is 11.6 Å². The number of rotatable bonds is 4. The molecule has 106 valence electrons. The summed E-state index contributed by atoms with van der Waals surface area (Å²) in [5.74, 6) is 0. The first-order chi connectivity index (χ1) is 9.24. The van der Waals surface area contributed by atoms with Crippen molar-refractivity contribution >= 4 is 22.4 Å². The van der Waals surface area contributed by atoms with Crippen molar-refractivity contribution in [3.63, 3.8) is 0 Å². The number of hydrogen-bond acceptors (Lipinski definition) is 2. The molecular formula is C15H22ClNOS. The lowest BCUT2D eigenvalue weighted by Crippen LogP contribution is -2.41. The van der Waals surface area contributed by atoms with Crippen molar-refractivity contribution in [3.05, 3.63) is 29.3 Å². The molecule has 0 aliphatic heterocycles. The van der Waals surface area contributed by atoms with Gasteiger partial charge in [0.1, 0.15) is 0 Å². The fourth-order valence-electron chi connectivity index (χ4n) is 2.80. The number of benzene rings is 1. The van der Waals surface area contributed by atoms with Gasteiger partial charge < -0.3 is 5.32 Å². The lowest BCUT2D eigenvalue weighted by molar-refractivity contribution is 0.474. The molecule has 0 aromatic heterocycles. The molecule has 0 saturated heterocycles. The molecule has 1 aromatic rings. The van der Waals surface area contributed by atoms with Crippen LogP contribution < -0.4 is 5.32 Å². The molecule has 0 amide bonds. The number of hydrogen-bond donors (Lipinski definition) is 1. The molecule has 1 aromatic carbocycles. The predicted octanol–water partition coefficient (Wildman–Crippen LogP) is 3.76. The summed E-state index contributed by atoms with van der Waals surface area (Å²) in [6, 6.07) is 7.88. The maximum absolute atomic E-state index is 12.8. The standard InChI is InChI=1S/C15H22ClNOS/c1-2-17-13-9-4-3-5-11-15(13)19(18)14-10-7-6-8-12(14)16/h6-8,10,13,15,17H,2-5,9,11H2,1H3. The van der Waals surface area contributed by atoms with E-state index in [1.807, 2.05) is 24.3 Å². The lowest BCUT2D eigenvalue weighted by atomic mass is 10.1. The Labute approximate surface area is 123 Å². The highest BCUT2D eigenvalue weighted by molar-refractivity contribution is 7.85. The fraction of sp³-hybridized carbons (Fsp3) is 0.600. The van der Waals surface area contributed by atoms with Crippen LogP contribution >= 0.6 is 11.6 Å². The van der Waals surface area contributed by atoms with Crippen LogP contribution in [-0.2, 0) is 10.8 Å². The van der Waals surface area contributed by atoms with Crippen molar-refractivity contribution in [1.82, 2.24) is 5.32 Å². The van der Waals surface area contributed by atoms with E-state index in [1.165, 1.54) is 19.3 Å². The molecule has 1 aliphatic carbocycles. The van der Waals surface area contributed by atoms with Crippen LogP contribution in [0.5, 0.6) is 0 Å². The molecule has 0 bridgehead atoms. The van der Waals surface area contributed by atoms with E-state index in [9.17, 15) is 4.21 Å². The van der Waals surface area contributed by atoms with Crippen molar-refractivity contribution in [2.75, 3.05) is 6.54 Å². The van der Waals surface area contributed by atoms with E-state index in [2.05, 4.69) is 12.2 Å². The molecule has 0 heterocycles. The average molecular weight is 300 g/mol. The van der Waals surface area contributed by atoms with Crippen LogP contribution in [0.3, 0.4) is 0 Å². The molecule has 2 nitrogen and oxygen atoms in total. The highest BCUT2D eigenvalue weighted by Crippen LogP contribution is 2.28. The predicted molar refractivity (Wildman–Crippen MR) is 82.2 cm³/mol. The lowest BCUT2D eigenvalue weighted by Gasteiger charge is -2.25. The molecule has 2 rings (SSSR count). The Morgan fingerprint density at radius 2 is 2.00 bits per heavy atom. The van der Waals surface area contributed by atoms with Gasteiger partial charge in [0, 0.05) is 6.04 Å². The zero-order valence-corrected chi connectivity index (χ0v) is 13.0. The SMILES string of the molecule is CCNC1CCCCCC1S(=O)c1ccccc1Cl. The minimum atomic E-state index is -1.02. The van der Waals surface area contributed by atoms with Crippen LogP contribution in [0.25, 0.3) is 0 Å². The summed E-state index contributed by atoms with van der Waals surface area (Å²) in [6.07, 6.45) is 5.79. The van der Waals surface area contributed by atoms with Crippen LogP contribution in [0.4, 0.5) is 0 Å². The number of halogens is 1. The third-order valence-corrected chi connectivity index (χ3v) is 6.09. The first-order valence-corrected chi connectivity index (χ1v) is 8.71. The Hall–Kier alpha value is -0.380. The van der Waals surface area contributed by atoms with Crippen LogP contribution in [0.1, 0.15) is 39.0 Å². The summed E-state index contributed by atoms with van der Waals surface area (Å²) >= 11 is 6.19. The zero-order chi connectivity index (χ0) is 13.7. The first-order valence-electron chi connectivity index (χ1n) is 7.12. The molecule has 1 aliphatic rings. The van der Waals surface area contributed by atoms with Gasteiger partial charge in [-0.05, 0) is 31.5 Å². The molecule has 0 spiro atoms. The van der Waals surface area contributed by atoms with Crippen LogP contribution in [0.2, 0.25) is 5.02 Å². The van der Waals surface area contributed by atoms with E-state index in [0.29, 0.717) is 11.1 Å². The Balaban J connectivity index is 2.21. The van der Waals surface area contributed by atoms with Gasteiger partial charge >= 0.3 is 0 Å². The molecule has 3 atom stereocenters. The molecule has 19 heavy (non-hydrogen) atoms. The van der Waals surface area contributed by atoms with Crippen LogP contribution in [0.15, 0.2) is 29.2 Å². The third-order valence-electron chi connectivity index (χ3n) is 3.75. The van der Waals surface area contributed by atoms with Gasteiger partial charge in [0.05, 0.1) is 26.0 Å². The maximum atomic E-state index is 12.8. The second kappa shape index (κ2) is 7.41. The second-order valence-corrected chi connectivity index (χ2v) is 7.12. The van der Waals surface area contributed by atoms with E-state index in [1.54, 1.807) is 0 Å². The molecule has 0 radical (unpaired) electrons. The Kier molecular flexibility index (Phi) is 5.86. The smallest absolute Gasteiger partial charge is 0.0591 e. The van der Waals surface area contributed by atoms with Gasteiger partial charge in [-0.1, -0.05) is 49.9 Å². The van der Waals surface area contributed by atoms with E-state index < -0.39 is 10.8 Å². The van der Waals surface area contributed by atoms with Gasteiger partial charge in [-0.3, -0.25) is 4.21 Å². The summed E-state index contributed by atoms with van der Waals surface area (Å²) in [4.78, 5) is 0.791. The Morgan fingerprint density at radius 1 is 1.26 bits per heavy atom. The summed E-state index contributed by atoms with van der Waals surface area (Å²) in [5.41, 5.74) is 0. The monoisotopic (exact) mass is 299 g/mol. The van der Waals surface area contributed by atoms with E-state index in [-0.39, 0.29) is 5.25 Å². The zero-order valence-electron chi connectivity index (χ0n) is 11.4. The summed E-state index contributed by atoms with van der Waals surface area (Å²) in [5, 5.41) is 4.32. The molecular weight excluding hydrogens is 278 g/mol. The topological polar surface area (TPSA) is 29.1 Å². The maximum Gasteiger partial charge on any atom is 0.0591 e. The van der Waals surface area contributed by atoms with Gasteiger partial charge in [0.15, 0.2) is 0 Å². The van der Waals surface area contributed by atoms with Crippen LogP contribution in [-0.4, -0.2) is 22.0 Å². The number of nitrogens with one attached hydrogen (secondary N) is 1. The van der Waals surface area contributed by atoms with Gasteiger partial charge in [-0.2, -0.15) is 0 Å². The van der Waals surface area contributed by atoms with Crippen molar-refractivity contribution in [2.24, 2.45) is 0 Å². The van der Waals surface area contributed by atoms with E-state index >= 15 is 0 Å². The van der Waals surface area contributed by atoms with Crippen molar-refractivity contribution < 1.29 is 4.21 Å². The normalized spacial score (nSPS) is 25.8. The molecule has 1 saturated carbocycles. The molecule has 4 heteroatoms. The van der Waals surface area contributed by atoms with E-state index in [0.717, 1.165) is 24.3 Å². The molecule has 1 fully saturated rings. The van der Waals surface area contributed by atoms with Gasteiger partial charge in [-0.15, -0.1) is 0 Å². The van der Waals surface area contributed by atoms with Gasteiger partial charge in [0.2, 0.25) is 0 Å². The third kappa shape index (κ3) is 3.80. The van der Waals surface area contributed by atoms with Crippen molar-refractivity contribution in [3.8, 4) is 0 Å². The van der Waals surface area contributed by atoms with Gasteiger partial charge in [0.25, 0.3) is 0 Å². The van der Waals surface area contributed by atoms with Crippen molar-refractivity contribution in [1.29, 1.82) is 0 Å². The highest BCUT2D eigenvalue weighted by atomic mass is 35.5. The largest absolute Gasteiger partial charge is 0.313 e. The highest BCUT2D eigenvalue weighted by Gasteiger charge is 2.29. The van der Waals surface area contributed by atoms with Crippen molar-refractivity contribution in [2.45, 2.75) is 55.2 Å².